The maximum Gasteiger partial charge on any atom is 0.393 e. The second-order valence-electron chi connectivity index (χ2n) is 2.61. The molecule has 0 heterocycles. The Morgan fingerprint density at radius 1 is 1.23 bits per heavy atom. The van der Waals surface area contributed by atoms with Gasteiger partial charge in [-0.3, -0.25) is 0 Å². The Labute approximate surface area is 81.3 Å². The Hall–Kier alpha value is -0.710. The maximum absolute atomic E-state index is 11.9. The van der Waals surface area contributed by atoms with Gasteiger partial charge in [-0.1, -0.05) is 15.9 Å². The normalized spacial score (nSPS) is 11.7. The van der Waals surface area contributed by atoms with Gasteiger partial charge in [0.25, 0.3) is 0 Å². The van der Waals surface area contributed by atoms with E-state index in [9.17, 15) is 13.2 Å². The predicted molar refractivity (Wildman–Crippen MR) is 45.6 cm³/mol. The number of hydrogen-bond donors (Lipinski definition) is 1. The van der Waals surface area contributed by atoms with Gasteiger partial charge in [0.15, 0.2) is 0 Å². The summed E-state index contributed by atoms with van der Waals surface area (Å²) < 4.78 is 36.2. The van der Waals surface area contributed by atoms with Crippen molar-refractivity contribution in [2.24, 2.45) is 0 Å². The van der Waals surface area contributed by atoms with E-state index in [0.717, 1.165) is 6.07 Å². The van der Waals surface area contributed by atoms with Crippen LogP contribution in [0.5, 0.6) is 5.75 Å². The molecule has 1 rings (SSSR count). The number of halogens is 4. The topological polar surface area (TPSA) is 20.2 Å². The van der Waals surface area contributed by atoms with Crippen molar-refractivity contribution in [3.63, 3.8) is 0 Å². The third-order valence-electron chi connectivity index (χ3n) is 1.35. The SMILES string of the molecule is Oc1cc(Br)cc(CC(F)(F)F)c1. The van der Waals surface area contributed by atoms with Gasteiger partial charge in [0.1, 0.15) is 5.75 Å². The van der Waals surface area contributed by atoms with Crippen molar-refractivity contribution in [1.82, 2.24) is 0 Å². The molecule has 1 nitrogen and oxygen atoms in total. The van der Waals surface area contributed by atoms with Gasteiger partial charge in [-0.15, -0.1) is 0 Å². The highest BCUT2D eigenvalue weighted by atomic mass is 79.9. The summed E-state index contributed by atoms with van der Waals surface area (Å²) in [6, 6.07) is 3.76. The van der Waals surface area contributed by atoms with Crippen LogP contribution in [0, 0.1) is 0 Å². The molecule has 0 aliphatic carbocycles. The van der Waals surface area contributed by atoms with Gasteiger partial charge in [-0.25, -0.2) is 0 Å². The summed E-state index contributed by atoms with van der Waals surface area (Å²) >= 11 is 2.99. The largest absolute Gasteiger partial charge is 0.508 e. The number of rotatable bonds is 1. The molecule has 1 N–H and O–H groups in total. The third-order valence-corrected chi connectivity index (χ3v) is 1.80. The molecule has 0 bridgehead atoms. The van der Waals surface area contributed by atoms with Crippen LogP contribution in [-0.2, 0) is 6.42 Å². The second kappa shape index (κ2) is 3.57. The van der Waals surface area contributed by atoms with E-state index in [1.165, 1.54) is 12.1 Å². The summed E-state index contributed by atoms with van der Waals surface area (Å²) in [5, 5.41) is 8.99. The van der Waals surface area contributed by atoms with Crippen molar-refractivity contribution in [3.05, 3.63) is 28.2 Å². The highest BCUT2D eigenvalue weighted by Gasteiger charge is 2.27. The number of phenols is 1. The summed E-state index contributed by atoms with van der Waals surface area (Å²) in [6.07, 6.45) is -5.27. The molecule has 0 unspecified atom stereocenters. The fourth-order valence-corrected chi connectivity index (χ4v) is 1.50. The summed E-state index contributed by atoms with van der Waals surface area (Å²) in [7, 11) is 0. The molecular formula is C8H6BrF3O. The van der Waals surface area contributed by atoms with Gasteiger partial charge in [0, 0.05) is 4.47 Å². The minimum atomic E-state index is -4.24. The Balaban J connectivity index is 2.90. The fraction of sp³-hybridized carbons (Fsp3) is 0.250. The summed E-state index contributed by atoms with van der Waals surface area (Å²) in [4.78, 5) is 0. The van der Waals surface area contributed by atoms with Crippen molar-refractivity contribution >= 4 is 15.9 Å². The minimum absolute atomic E-state index is 0.0411. The van der Waals surface area contributed by atoms with E-state index < -0.39 is 12.6 Å². The first-order chi connectivity index (χ1) is 5.87. The van der Waals surface area contributed by atoms with Gasteiger partial charge in [0.2, 0.25) is 0 Å². The number of alkyl halides is 3. The van der Waals surface area contributed by atoms with Crippen LogP contribution >= 0.6 is 15.9 Å². The average molecular weight is 255 g/mol. The van der Waals surface area contributed by atoms with Crippen molar-refractivity contribution in [2.75, 3.05) is 0 Å². The smallest absolute Gasteiger partial charge is 0.393 e. The van der Waals surface area contributed by atoms with E-state index in [1.807, 2.05) is 0 Å². The maximum atomic E-state index is 11.9. The van der Waals surface area contributed by atoms with Crippen LogP contribution in [0.15, 0.2) is 22.7 Å². The standard InChI is InChI=1S/C8H6BrF3O/c9-6-1-5(2-7(13)3-6)4-8(10,11)12/h1-3,13H,4H2. The molecule has 0 aliphatic rings. The molecule has 0 amide bonds. The molecule has 0 saturated heterocycles. The molecule has 0 atom stereocenters. The molecule has 72 valence electrons. The van der Waals surface area contributed by atoms with Gasteiger partial charge < -0.3 is 5.11 Å². The van der Waals surface area contributed by atoms with Crippen LogP contribution < -0.4 is 0 Å². The number of benzene rings is 1. The van der Waals surface area contributed by atoms with Crippen LogP contribution in [0.4, 0.5) is 13.2 Å². The molecule has 13 heavy (non-hydrogen) atoms. The summed E-state index contributed by atoms with van der Waals surface area (Å²) in [6.45, 7) is 0. The van der Waals surface area contributed by atoms with Crippen LogP contribution in [-0.4, -0.2) is 11.3 Å². The molecule has 1 aromatic rings. The Morgan fingerprint density at radius 2 is 1.85 bits per heavy atom. The number of hydrogen-bond acceptors (Lipinski definition) is 1. The van der Waals surface area contributed by atoms with E-state index >= 15 is 0 Å². The minimum Gasteiger partial charge on any atom is -0.508 e. The first-order valence-electron chi connectivity index (χ1n) is 3.42. The molecule has 0 fully saturated rings. The van der Waals surface area contributed by atoms with E-state index in [2.05, 4.69) is 15.9 Å². The monoisotopic (exact) mass is 254 g/mol. The summed E-state index contributed by atoms with van der Waals surface area (Å²) in [5.41, 5.74) is 0.0411. The third kappa shape index (κ3) is 3.67. The molecular weight excluding hydrogens is 249 g/mol. The van der Waals surface area contributed by atoms with Crippen LogP contribution in [0.3, 0.4) is 0 Å². The van der Waals surface area contributed by atoms with Crippen molar-refractivity contribution in [1.29, 1.82) is 0 Å². The molecule has 0 saturated carbocycles. The zero-order chi connectivity index (χ0) is 10.1. The first kappa shape index (κ1) is 10.4. The second-order valence-corrected chi connectivity index (χ2v) is 3.53. The van der Waals surface area contributed by atoms with Crippen molar-refractivity contribution < 1.29 is 18.3 Å². The van der Waals surface area contributed by atoms with Crippen LogP contribution in [0.1, 0.15) is 5.56 Å². The van der Waals surface area contributed by atoms with Gasteiger partial charge in [-0.2, -0.15) is 13.2 Å². The van der Waals surface area contributed by atoms with Gasteiger partial charge in [-0.05, 0) is 23.8 Å². The number of aromatic hydroxyl groups is 1. The number of phenolic OH excluding ortho intramolecular Hbond substituents is 1. The fourth-order valence-electron chi connectivity index (χ4n) is 0.967. The average Bonchev–Trinajstić information content (AvgIpc) is 1.78. The molecule has 0 aromatic heterocycles. The molecule has 0 radical (unpaired) electrons. The quantitative estimate of drug-likeness (QED) is 0.816. The van der Waals surface area contributed by atoms with E-state index in [0.29, 0.717) is 4.47 Å². The van der Waals surface area contributed by atoms with E-state index in [-0.39, 0.29) is 11.3 Å². The zero-order valence-electron chi connectivity index (χ0n) is 6.40. The molecule has 1 aromatic carbocycles. The van der Waals surface area contributed by atoms with Crippen molar-refractivity contribution in [3.8, 4) is 5.75 Å². The van der Waals surface area contributed by atoms with Crippen LogP contribution in [0.2, 0.25) is 0 Å². The molecule has 5 heteroatoms. The lowest BCUT2D eigenvalue weighted by Gasteiger charge is -2.06. The highest BCUT2D eigenvalue weighted by Crippen LogP contribution is 2.26. The zero-order valence-corrected chi connectivity index (χ0v) is 7.98. The van der Waals surface area contributed by atoms with E-state index in [1.54, 1.807) is 0 Å². The Kier molecular flexibility index (Phi) is 2.85. The predicted octanol–water partition coefficient (Wildman–Crippen LogP) is 3.26. The van der Waals surface area contributed by atoms with Gasteiger partial charge in [0.05, 0.1) is 6.42 Å². The lowest BCUT2D eigenvalue weighted by molar-refractivity contribution is -0.127. The van der Waals surface area contributed by atoms with Crippen LogP contribution in [0.25, 0.3) is 0 Å². The molecule has 0 spiro atoms. The first-order valence-corrected chi connectivity index (χ1v) is 4.21. The molecule has 0 aliphatic heterocycles. The van der Waals surface area contributed by atoms with Gasteiger partial charge >= 0.3 is 6.18 Å². The Bertz CT molecular complexity index is 288. The Morgan fingerprint density at radius 3 is 2.31 bits per heavy atom. The lowest BCUT2D eigenvalue weighted by atomic mass is 10.1. The lowest BCUT2D eigenvalue weighted by Crippen LogP contribution is -2.11. The van der Waals surface area contributed by atoms with Crippen molar-refractivity contribution in [2.45, 2.75) is 12.6 Å². The summed E-state index contributed by atoms with van der Waals surface area (Å²) in [5.74, 6) is -0.173. The highest BCUT2D eigenvalue weighted by molar-refractivity contribution is 9.10. The van der Waals surface area contributed by atoms with E-state index in [4.69, 9.17) is 5.11 Å².